The van der Waals surface area contributed by atoms with Gasteiger partial charge < -0.3 is 5.32 Å². The Kier molecular flexibility index (Phi) is 5.54. The number of sulfonamides is 1. The largest absolute Gasteiger partial charge is 0.378 e. The number of benzene rings is 2. The van der Waals surface area contributed by atoms with Crippen LogP contribution < -0.4 is 10.0 Å². The van der Waals surface area contributed by atoms with Crippen molar-refractivity contribution in [3.05, 3.63) is 65.7 Å². The third-order valence-corrected chi connectivity index (χ3v) is 7.86. The maximum Gasteiger partial charge on any atom is 0.240 e. The van der Waals surface area contributed by atoms with Gasteiger partial charge in [0.1, 0.15) is 0 Å². The molecule has 0 bridgehead atoms. The van der Waals surface area contributed by atoms with Crippen molar-refractivity contribution in [2.24, 2.45) is 5.92 Å². The Morgan fingerprint density at radius 2 is 1.96 bits per heavy atom. The standard InChI is InChI=1S/C22H26N2O2S2/c1-3-13-23-28(25,26)17-11-12-21-20(14-17)18-5-4-6-19(18)22(24-21)15-7-9-16(27-2)10-8-15/h4-5,7-12,14,18-19,22-24H,3,6,13H2,1-2H3. The predicted octanol–water partition coefficient (Wildman–Crippen LogP) is 4.92. The van der Waals surface area contributed by atoms with Crippen LogP contribution in [0.1, 0.15) is 42.9 Å². The van der Waals surface area contributed by atoms with E-state index in [-0.39, 0.29) is 12.0 Å². The lowest BCUT2D eigenvalue weighted by Crippen LogP contribution is -2.30. The molecule has 2 aromatic carbocycles. The molecule has 4 rings (SSSR count). The molecule has 3 unspecified atom stereocenters. The molecule has 6 heteroatoms. The maximum atomic E-state index is 12.6. The number of anilines is 1. The molecule has 1 heterocycles. The Bertz CT molecular complexity index is 984. The first-order valence-corrected chi connectivity index (χ1v) is 12.4. The molecular formula is C22H26N2O2S2. The van der Waals surface area contributed by atoms with Gasteiger partial charge in [-0.05, 0) is 66.5 Å². The van der Waals surface area contributed by atoms with Crippen LogP contribution >= 0.6 is 11.8 Å². The first-order valence-electron chi connectivity index (χ1n) is 9.74. The molecule has 28 heavy (non-hydrogen) atoms. The molecule has 148 valence electrons. The van der Waals surface area contributed by atoms with Crippen molar-refractivity contribution in [1.82, 2.24) is 4.72 Å². The predicted molar refractivity (Wildman–Crippen MR) is 116 cm³/mol. The molecule has 1 aliphatic carbocycles. The average Bonchev–Trinajstić information content (AvgIpc) is 3.21. The maximum absolute atomic E-state index is 12.6. The second-order valence-electron chi connectivity index (χ2n) is 7.40. The summed E-state index contributed by atoms with van der Waals surface area (Å²) in [6, 6.07) is 14.4. The van der Waals surface area contributed by atoms with Crippen molar-refractivity contribution in [2.75, 3.05) is 18.1 Å². The highest BCUT2D eigenvalue weighted by Gasteiger charge is 2.38. The molecule has 0 saturated carbocycles. The molecule has 0 saturated heterocycles. The summed E-state index contributed by atoms with van der Waals surface area (Å²) in [5.74, 6) is 0.636. The van der Waals surface area contributed by atoms with E-state index in [4.69, 9.17) is 0 Å². The topological polar surface area (TPSA) is 58.2 Å². The van der Waals surface area contributed by atoms with E-state index in [1.807, 2.05) is 19.1 Å². The van der Waals surface area contributed by atoms with E-state index < -0.39 is 10.0 Å². The minimum absolute atomic E-state index is 0.226. The van der Waals surface area contributed by atoms with Gasteiger partial charge >= 0.3 is 0 Å². The highest BCUT2D eigenvalue weighted by Crippen LogP contribution is 2.50. The van der Waals surface area contributed by atoms with E-state index in [9.17, 15) is 8.42 Å². The van der Waals surface area contributed by atoms with Crippen molar-refractivity contribution in [3.63, 3.8) is 0 Å². The van der Waals surface area contributed by atoms with Gasteiger partial charge in [0.2, 0.25) is 10.0 Å². The van der Waals surface area contributed by atoms with Crippen molar-refractivity contribution >= 4 is 27.5 Å². The van der Waals surface area contributed by atoms with Crippen LogP contribution in [0.3, 0.4) is 0 Å². The van der Waals surface area contributed by atoms with E-state index >= 15 is 0 Å². The van der Waals surface area contributed by atoms with Gasteiger partial charge in [-0.15, -0.1) is 11.8 Å². The van der Waals surface area contributed by atoms with E-state index in [0.29, 0.717) is 17.4 Å². The Balaban J connectivity index is 1.68. The van der Waals surface area contributed by atoms with Crippen LogP contribution in [0.4, 0.5) is 5.69 Å². The molecule has 2 aliphatic rings. The van der Waals surface area contributed by atoms with Crippen LogP contribution in [0.2, 0.25) is 0 Å². The van der Waals surface area contributed by atoms with Gasteiger partial charge in [-0.3, -0.25) is 0 Å². The summed E-state index contributed by atoms with van der Waals surface area (Å²) in [6.07, 6.45) is 8.32. The zero-order valence-corrected chi connectivity index (χ0v) is 17.8. The fraction of sp³-hybridized carbons (Fsp3) is 0.364. The molecule has 0 amide bonds. The van der Waals surface area contributed by atoms with Gasteiger partial charge in [-0.1, -0.05) is 31.2 Å². The van der Waals surface area contributed by atoms with Gasteiger partial charge in [0, 0.05) is 23.0 Å². The quantitative estimate of drug-likeness (QED) is 0.520. The zero-order chi connectivity index (χ0) is 19.7. The summed E-state index contributed by atoms with van der Waals surface area (Å²) in [6.45, 7) is 2.41. The lowest BCUT2D eigenvalue weighted by Gasteiger charge is -2.37. The van der Waals surface area contributed by atoms with Crippen LogP contribution in [0.5, 0.6) is 0 Å². The molecule has 0 spiro atoms. The average molecular weight is 415 g/mol. The Morgan fingerprint density at radius 1 is 1.18 bits per heavy atom. The second kappa shape index (κ2) is 7.93. The van der Waals surface area contributed by atoms with E-state index in [1.54, 1.807) is 17.8 Å². The fourth-order valence-corrected chi connectivity index (χ4v) is 5.78. The normalized spacial score (nSPS) is 23.1. The zero-order valence-electron chi connectivity index (χ0n) is 16.2. The highest BCUT2D eigenvalue weighted by molar-refractivity contribution is 7.98. The van der Waals surface area contributed by atoms with Crippen molar-refractivity contribution in [2.45, 2.75) is 41.5 Å². The first-order chi connectivity index (χ1) is 13.5. The van der Waals surface area contributed by atoms with E-state index in [0.717, 1.165) is 24.1 Å². The number of rotatable bonds is 6. The molecule has 1 aliphatic heterocycles. The SMILES string of the molecule is CCCNS(=O)(=O)c1ccc2c(c1)C1C=CCC1C(c1ccc(SC)cc1)N2. The number of nitrogens with one attached hydrogen (secondary N) is 2. The van der Waals surface area contributed by atoms with Crippen LogP contribution in [-0.2, 0) is 10.0 Å². The molecule has 3 atom stereocenters. The third-order valence-electron chi connectivity index (χ3n) is 5.66. The number of hydrogen-bond acceptors (Lipinski definition) is 4. The minimum atomic E-state index is -3.46. The van der Waals surface area contributed by atoms with E-state index in [1.165, 1.54) is 10.5 Å². The summed E-state index contributed by atoms with van der Waals surface area (Å²) in [5.41, 5.74) is 3.39. The molecule has 2 aromatic rings. The van der Waals surface area contributed by atoms with Gasteiger partial charge in [0.05, 0.1) is 10.9 Å². The van der Waals surface area contributed by atoms with Crippen LogP contribution in [0.25, 0.3) is 0 Å². The Morgan fingerprint density at radius 3 is 2.68 bits per heavy atom. The molecular weight excluding hydrogens is 388 g/mol. The molecule has 0 fully saturated rings. The lowest BCUT2D eigenvalue weighted by molar-refractivity contribution is 0.425. The monoisotopic (exact) mass is 414 g/mol. The van der Waals surface area contributed by atoms with Gasteiger partial charge in [-0.2, -0.15) is 0 Å². The summed E-state index contributed by atoms with van der Waals surface area (Å²) in [4.78, 5) is 1.61. The van der Waals surface area contributed by atoms with Crippen LogP contribution in [0.15, 0.2) is 64.4 Å². The number of hydrogen-bond donors (Lipinski definition) is 2. The molecule has 0 aromatic heterocycles. The van der Waals surface area contributed by atoms with E-state index in [2.05, 4.69) is 52.7 Å². The van der Waals surface area contributed by atoms with Gasteiger partial charge in [0.15, 0.2) is 0 Å². The number of allylic oxidation sites excluding steroid dienone is 2. The second-order valence-corrected chi connectivity index (χ2v) is 10.0. The summed E-state index contributed by atoms with van der Waals surface area (Å²) in [5, 5.41) is 3.68. The molecule has 2 N–H and O–H groups in total. The van der Waals surface area contributed by atoms with Crippen molar-refractivity contribution in [1.29, 1.82) is 0 Å². The molecule has 4 nitrogen and oxygen atoms in total. The first kappa shape index (κ1) is 19.6. The number of thioether (sulfide) groups is 1. The van der Waals surface area contributed by atoms with Crippen molar-refractivity contribution in [3.8, 4) is 0 Å². The van der Waals surface area contributed by atoms with Crippen molar-refractivity contribution < 1.29 is 8.42 Å². The van der Waals surface area contributed by atoms with Crippen LogP contribution in [-0.4, -0.2) is 21.2 Å². The summed E-state index contributed by atoms with van der Waals surface area (Å²) >= 11 is 1.75. The smallest absolute Gasteiger partial charge is 0.240 e. The Labute approximate surface area is 171 Å². The molecule has 0 radical (unpaired) electrons. The van der Waals surface area contributed by atoms with Gasteiger partial charge in [0.25, 0.3) is 0 Å². The van der Waals surface area contributed by atoms with Gasteiger partial charge in [-0.25, -0.2) is 13.1 Å². The Hall–Kier alpha value is -1.76. The van der Waals surface area contributed by atoms with Crippen LogP contribution in [0, 0.1) is 5.92 Å². The fourth-order valence-electron chi connectivity index (χ4n) is 4.20. The third kappa shape index (κ3) is 3.61. The lowest BCUT2D eigenvalue weighted by atomic mass is 9.77. The minimum Gasteiger partial charge on any atom is -0.378 e. The summed E-state index contributed by atoms with van der Waals surface area (Å²) < 4.78 is 27.8. The highest BCUT2D eigenvalue weighted by atomic mass is 32.2. The number of fused-ring (bicyclic) bond motifs is 3. The summed E-state index contributed by atoms with van der Waals surface area (Å²) in [7, 11) is -3.46.